The van der Waals surface area contributed by atoms with Crippen molar-refractivity contribution < 1.29 is 0 Å². The molecule has 0 fully saturated rings. The summed E-state index contributed by atoms with van der Waals surface area (Å²) in [5.41, 5.74) is 5.92. The van der Waals surface area contributed by atoms with Gasteiger partial charge in [-0.2, -0.15) is 0 Å². The van der Waals surface area contributed by atoms with Crippen molar-refractivity contribution in [2.24, 2.45) is 0 Å². The molecule has 0 radical (unpaired) electrons. The SMILES string of the molecule is CC1=C=CC(C)=CCC1. The van der Waals surface area contributed by atoms with Crippen LogP contribution in [0.1, 0.15) is 26.7 Å². The number of hydrogen-bond donors (Lipinski definition) is 0. The maximum absolute atomic E-state index is 3.22. The monoisotopic (exact) mass is 120 g/mol. The maximum atomic E-state index is 3.22. The Bertz CT molecular complexity index is 188. The van der Waals surface area contributed by atoms with Crippen molar-refractivity contribution >= 4 is 0 Å². The Morgan fingerprint density at radius 2 is 2.22 bits per heavy atom. The molecule has 1 rings (SSSR count). The Kier molecular flexibility index (Phi) is 1.92. The van der Waals surface area contributed by atoms with Crippen LogP contribution in [0.25, 0.3) is 0 Å². The van der Waals surface area contributed by atoms with Gasteiger partial charge in [-0.1, -0.05) is 6.08 Å². The fourth-order valence-electron chi connectivity index (χ4n) is 0.884. The predicted molar refractivity (Wildman–Crippen MR) is 40.3 cm³/mol. The van der Waals surface area contributed by atoms with E-state index in [9.17, 15) is 0 Å². The molecule has 0 aromatic carbocycles. The normalized spacial score (nSPS) is 18.4. The van der Waals surface area contributed by atoms with Gasteiger partial charge in [-0.15, -0.1) is 5.73 Å². The average Bonchev–Trinajstić information content (AvgIpc) is 1.97. The minimum atomic E-state index is 1.17. The van der Waals surface area contributed by atoms with Crippen LogP contribution in [0.5, 0.6) is 0 Å². The van der Waals surface area contributed by atoms with E-state index in [0.717, 1.165) is 0 Å². The highest BCUT2D eigenvalue weighted by Gasteiger charge is 1.90. The van der Waals surface area contributed by atoms with E-state index in [2.05, 4.69) is 31.7 Å². The average molecular weight is 120 g/mol. The van der Waals surface area contributed by atoms with Crippen LogP contribution in [0, 0.1) is 0 Å². The molecule has 0 atom stereocenters. The molecule has 0 aliphatic heterocycles. The van der Waals surface area contributed by atoms with E-state index >= 15 is 0 Å². The third-order valence-electron chi connectivity index (χ3n) is 1.53. The van der Waals surface area contributed by atoms with E-state index in [0.29, 0.717) is 0 Å². The van der Waals surface area contributed by atoms with Crippen LogP contribution < -0.4 is 0 Å². The maximum Gasteiger partial charge on any atom is -0.0174 e. The molecule has 0 nitrogen and oxygen atoms in total. The molecule has 0 saturated carbocycles. The first-order valence-corrected chi connectivity index (χ1v) is 3.38. The minimum Gasteiger partial charge on any atom is -0.122 e. The minimum absolute atomic E-state index is 1.17. The second kappa shape index (κ2) is 2.70. The first-order chi connectivity index (χ1) is 4.29. The molecule has 1 aliphatic carbocycles. The van der Waals surface area contributed by atoms with Gasteiger partial charge in [0.1, 0.15) is 0 Å². The van der Waals surface area contributed by atoms with Gasteiger partial charge in [-0.3, -0.25) is 0 Å². The molecular weight excluding hydrogens is 108 g/mol. The quantitative estimate of drug-likeness (QED) is 0.431. The van der Waals surface area contributed by atoms with Crippen LogP contribution in [0.15, 0.2) is 29.0 Å². The highest BCUT2D eigenvalue weighted by atomic mass is 14.0. The topological polar surface area (TPSA) is 0 Å². The number of hydrogen-bond acceptors (Lipinski definition) is 0. The van der Waals surface area contributed by atoms with Crippen LogP contribution >= 0.6 is 0 Å². The molecule has 0 heteroatoms. The van der Waals surface area contributed by atoms with Crippen LogP contribution in [0.3, 0.4) is 0 Å². The molecule has 0 amide bonds. The number of allylic oxidation sites excluding steroid dienone is 3. The molecule has 0 aromatic heterocycles. The third-order valence-corrected chi connectivity index (χ3v) is 1.53. The molecule has 0 bridgehead atoms. The van der Waals surface area contributed by atoms with Gasteiger partial charge in [0.25, 0.3) is 0 Å². The van der Waals surface area contributed by atoms with Crippen LogP contribution in [-0.4, -0.2) is 0 Å². The van der Waals surface area contributed by atoms with Crippen LogP contribution in [-0.2, 0) is 0 Å². The van der Waals surface area contributed by atoms with Gasteiger partial charge < -0.3 is 0 Å². The highest BCUT2D eigenvalue weighted by molar-refractivity contribution is 5.20. The largest absolute Gasteiger partial charge is 0.122 e. The summed E-state index contributed by atoms with van der Waals surface area (Å²) in [5.74, 6) is 0. The Morgan fingerprint density at radius 3 is 3.00 bits per heavy atom. The molecule has 0 spiro atoms. The predicted octanol–water partition coefficient (Wildman–Crippen LogP) is 2.83. The summed E-state index contributed by atoms with van der Waals surface area (Å²) in [4.78, 5) is 0. The summed E-state index contributed by atoms with van der Waals surface area (Å²) in [6.45, 7) is 4.24. The Balaban J connectivity index is 2.85. The van der Waals surface area contributed by atoms with Crippen molar-refractivity contribution in [1.29, 1.82) is 0 Å². The number of rotatable bonds is 0. The second-order valence-corrected chi connectivity index (χ2v) is 2.56. The Labute approximate surface area is 56.6 Å². The van der Waals surface area contributed by atoms with Crippen molar-refractivity contribution in [2.75, 3.05) is 0 Å². The molecular formula is C9H12. The summed E-state index contributed by atoms with van der Waals surface area (Å²) in [6.07, 6.45) is 6.67. The van der Waals surface area contributed by atoms with Crippen LogP contribution in [0.4, 0.5) is 0 Å². The van der Waals surface area contributed by atoms with Crippen molar-refractivity contribution in [1.82, 2.24) is 0 Å². The zero-order valence-corrected chi connectivity index (χ0v) is 6.07. The lowest BCUT2D eigenvalue weighted by molar-refractivity contribution is 0.982. The van der Waals surface area contributed by atoms with E-state index in [-0.39, 0.29) is 0 Å². The summed E-state index contributed by atoms with van der Waals surface area (Å²) in [6, 6.07) is 0. The van der Waals surface area contributed by atoms with E-state index in [1.807, 2.05) is 0 Å². The molecule has 0 N–H and O–H groups in total. The van der Waals surface area contributed by atoms with E-state index in [1.165, 1.54) is 24.0 Å². The van der Waals surface area contributed by atoms with E-state index in [1.54, 1.807) is 0 Å². The molecule has 48 valence electrons. The van der Waals surface area contributed by atoms with E-state index < -0.39 is 0 Å². The zero-order valence-electron chi connectivity index (χ0n) is 6.07. The lowest BCUT2D eigenvalue weighted by atomic mass is 10.2. The fourth-order valence-corrected chi connectivity index (χ4v) is 0.884. The van der Waals surface area contributed by atoms with Crippen molar-refractivity contribution in [3.63, 3.8) is 0 Å². The smallest absolute Gasteiger partial charge is 0.0174 e. The first-order valence-electron chi connectivity index (χ1n) is 3.38. The molecule has 0 unspecified atom stereocenters. The standard InChI is InChI=1S/C9H12/c1-8-4-3-5-9(2)7-6-8/h4,6H,3,5H2,1-2H3. The highest BCUT2D eigenvalue weighted by Crippen LogP contribution is 2.09. The van der Waals surface area contributed by atoms with Crippen molar-refractivity contribution in [2.45, 2.75) is 26.7 Å². The first kappa shape index (κ1) is 6.38. The lowest BCUT2D eigenvalue weighted by Gasteiger charge is -1.88. The summed E-state index contributed by atoms with van der Waals surface area (Å²) < 4.78 is 0. The summed E-state index contributed by atoms with van der Waals surface area (Å²) in [7, 11) is 0. The Hall–Kier alpha value is -0.740. The Morgan fingerprint density at radius 1 is 1.44 bits per heavy atom. The molecule has 9 heavy (non-hydrogen) atoms. The van der Waals surface area contributed by atoms with Crippen molar-refractivity contribution in [3.05, 3.63) is 29.0 Å². The molecule has 0 saturated heterocycles. The molecule has 0 heterocycles. The van der Waals surface area contributed by atoms with Gasteiger partial charge >= 0.3 is 0 Å². The lowest BCUT2D eigenvalue weighted by Crippen LogP contribution is -1.69. The van der Waals surface area contributed by atoms with Crippen molar-refractivity contribution in [3.8, 4) is 0 Å². The van der Waals surface area contributed by atoms with Crippen LogP contribution in [0.2, 0.25) is 0 Å². The van der Waals surface area contributed by atoms with Gasteiger partial charge in [0, 0.05) is 0 Å². The third kappa shape index (κ3) is 1.91. The summed E-state index contributed by atoms with van der Waals surface area (Å²) >= 11 is 0. The van der Waals surface area contributed by atoms with Gasteiger partial charge in [-0.25, -0.2) is 0 Å². The molecule has 0 aromatic rings. The molecule has 1 aliphatic rings. The summed E-state index contributed by atoms with van der Waals surface area (Å²) in [5, 5.41) is 0. The van der Waals surface area contributed by atoms with Gasteiger partial charge in [0.05, 0.1) is 0 Å². The van der Waals surface area contributed by atoms with Gasteiger partial charge in [-0.05, 0) is 43.9 Å². The zero-order chi connectivity index (χ0) is 6.69. The van der Waals surface area contributed by atoms with Gasteiger partial charge in [0.2, 0.25) is 0 Å². The van der Waals surface area contributed by atoms with Gasteiger partial charge in [0.15, 0.2) is 0 Å². The fraction of sp³-hybridized carbons (Fsp3) is 0.444. The second-order valence-electron chi connectivity index (χ2n) is 2.56. The van der Waals surface area contributed by atoms with E-state index in [4.69, 9.17) is 0 Å².